The Hall–Kier alpha value is -1.66. The molecule has 8 heteroatoms. The first kappa shape index (κ1) is 19.1. The van der Waals surface area contributed by atoms with E-state index in [4.69, 9.17) is 9.05 Å². The molecular formula is C18H22NO5PS. The standard InChI is InChI=1S/C18H22NO5PS/c1-17(2)18(3,4)24-25(20,23-15-11-7-5-8-12-15)19(17)26(21,22)16-13-9-6-10-14-16/h5-14H,1-4H3. The molecule has 0 aromatic heterocycles. The second kappa shape index (κ2) is 6.20. The molecule has 26 heavy (non-hydrogen) atoms. The van der Waals surface area contributed by atoms with E-state index >= 15 is 0 Å². The van der Waals surface area contributed by atoms with Crippen molar-refractivity contribution < 1.29 is 22.0 Å². The fourth-order valence-corrected chi connectivity index (χ4v) is 8.05. The van der Waals surface area contributed by atoms with Crippen LogP contribution in [0.3, 0.4) is 0 Å². The topological polar surface area (TPSA) is 72.9 Å². The van der Waals surface area contributed by atoms with Gasteiger partial charge >= 0.3 is 7.75 Å². The number of para-hydroxylation sites is 1. The summed E-state index contributed by atoms with van der Waals surface area (Å²) >= 11 is 0. The minimum absolute atomic E-state index is 0.0336. The van der Waals surface area contributed by atoms with Crippen LogP contribution in [0.25, 0.3) is 0 Å². The van der Waals surface area contributed by atoms with Gasteiger partial charge in [-0.2, -0.15) is 0 Å². The lowest BCUT2D eigenvalue weighted by Crippen LogP contribution is -2.52. The molecule has 3 rings (SSSR count). The van der Waals surface area contributed by atoms with Gasteiger partial charge in [0.15, 0.2) is 0 Å². The summed E-state index contributed by atoms with van der Waals surface area (Å²) in [5, 5.41) is 0. The van der Waals surface area contributed by atoms with Crippen LogP contribution in [-0.2, 0) is 19.1 Å². The van der Waals surface area contributed by atoms with E-state index in [0.717, 1.165) is 4.08 Å². The summed E-state index contributed by atoms with van der Waals surface area (Å²) in [6.07, 6.45) is 0. The minimum atomic E-state index is -4.19. The Bertz CT molecular complexity index is 942. The lowest BCUT2D eigenvalue weighted by molar-refractivity contribution is 0.0576. The van der Waals surface area contributed by atoms with Crippen molar-refractivity contribution in [3.63, 3.8) is 0 Å². The van der Waals surface area contributed by atoms with E-state index in [-0.39, 0.29) is 10.6 Å². The molecule has 0 radical (unpaired) electrons. The maximum Gasteiger partial charge on any atom is 0.476 e. The van der Waals surface area contributed by atoms with Crippen LogP contribution in [0, 0.1) is 0 Å². The Morgan fingerprint density at radius 2 is 1.42 bits per heavy atom. The molecule has 0 spiro atoms. The van der Waals surface area contributed by atoms with Crippen molar-refractivity contribution in [2.45, 2.75) is 43.7 Å². The van der Waals surface area contributed by atoms with E-state index in [0.29, 0.717) is 0 Å². The summed E-state index contributed by atoms with van der Waals surface area (Å²) in [5.41, 5.74) is -2.13. The second-order valence-corrected chi connectivity index (χ2v) is 10.9. The molecule has 1 heterocycles. The van der Waals surface area contributed by atoms with Crippen molar-refractivity contribution in [2.24, 2.45) is 0 Å². The molecular weight excluding hydrogens is 373 g/mol. The first-order valence-electron chi connectivity index (χ1n) is 8.17. The zero-order valence-electron chi connectivity index (χ0n) is 15.1. The predicted molar refractivity (Wildman–Crippen MR) is 99.4 cm³/mol. The molecule has 140 valence electrons. The van der Waals surface area contributed by atoms with Crippen molar-refractivity contribution in [1.82, 2.24) is 4.08 Å². The summed E-state index contributed by atoms with van der Waals surface area (Å²) in [6, 6.07) is 16.3. The first-order chi connectivity index (χ1) is 12.0. The summed E-state index contributed by atoms with van der Waals surface area (Å²) in [5.74, 6) is 0.276. The highest BCUT2D eigenvalue weighted by Crippen LogP contribution is 2.68. The number of hydrogen-bond donors (Lipinski definition) is 0. The molecule has 1 aliphatic rings. The molecule has 2 aromatic rings. The molecule has 0 N–H and O–H groups in total. The largest absolute Gasteiger partial charge is 0.476 e. The number of nitrogens with zero attached hydrogens (tertiary/aromatic N) is 1. The fourth-order valence-electron chi connectivity index (χ4n) is 2.77. The third-order valence-corrected chi connectivity index (χ3v) is 9.85. The minimum Gasteiger partial charge on any atom is -0.412 e. The SMILES string of the molecule is CC1(C)OP(=O)(Oc2ccccc2)N(S(=O)(=O)c2ccccc2)C1(C)C. The van der Waals surface area contributed by atoms with Crippen molar-refractivity contribution in [1.29, 1.82) is 0 Å². The molecule has 1 aliphatic heterocycles. The zero-order chi connectivity index (χ0) is 19.2. The highest BCUT2D eigenvalue weighted by atomic mass is 32.2. The van der Waals surface area contributed by atoms with Crippen LogP contribution in [0.15, 0.2) is 65.6 Å². The van der Waals surface area contributed by atoms with Crippen molar-refractivity contribution in [3.8, 4) is 5.75 Å². The van der Waals surface area contributed by atoms with E-state index < -0.39 is 28.9 Å². The highest BCUT2D eigenvalue weighted by Gasteiger charge is 2.67. The van der Waals surface area contributed by atoms with Gasteiger partial charge in [-0.3, -0.25) is 4.52 Å². The van der Waals surface area contributed by atoms with Gasteiger partial charge in [0.25, 0.3) is 10.0 Å². The van der Waals surface area contributed by atoms with Gasteiger partial charge < -0.3 is 4.52 Å². The van der Waals surface area contributed by atoms with Crippen LogP contribution in [0.2, 0.25) is 0 Å². The molecule has 0 aliphatic carbocycles. The molecule has 1 fully saturated rings. The molecule has 0 saturated carbocycles. The van der Waals surface area contributed by atoms with Gasteiger partial charge in [0.1, 0.15) is 5.75 Å². The molecule has 0 amide bonds. The van der Waals surface area contributed by atoms with Gasteiger partial charge in [0.2, 0.25) is 0 Å². The number of hydrogen-bond acceptors (Lipinski definition) is 5. The Morgan fingerprint density at radius 1 is 0.923 bits per heavy atom. The van der Waals surface area contributed by atoms with E-state index in [1.54, 1.807) is 76.2 Å². The lowest BCUT2D eigenvalue weighted by Gasteiger charge is -2.36. The van der Waals surface area contributed by atoms with Gasteiger partial charge in [0, 0.05) is 0 Å². The lowest BCUT2D eigenvalue weighted by atomic mass is 9.87. The van der Waals surface area contributed by atoms with Crippen molar-refractivity contribution in [2.75, 3.05) is 0 Å². The van der Waals surface area contributed by atoms with E-state index in [1.807, 2.05) is 0 Å². The average molecular weight is 395 g/mol. The Morgan fingerprint density at radius 3 is 1.96 bits per heavy atom. The monoisotopic (exact) mass is 395 g/mol. The van der Waals surface area contributed by atoms with Crippen LogP contribution in [0.5, 0.6) is 5.75 Å². The summed E-state index contributed by atoms with van der Waals surface area (Å²) in [6.45, 7) is 6.77. The number of benzene rings is 2. The normalized spacial score (nSPS) is 25.1. The van der Waals surface area contributed by atoms with E-state index in [1.165, 1.54) is 12.1 Å². The van der Waals surface area contributed by atoms with Crippen LogP contribution in [0.4, 0.5) is 0 Å². The summed E-state index contributed by atoms with van der Waals surface area (Å²) in [4.78, 5) is 0.0336. The van der Waals surface area contributed by atoms with Gasteiger partial charge in [-0.15, -0.1) is 0 Å². The molecule has 6 nitrogen and oxygen atoms in total. The van der Waals surface area contributed by atoms with Crippen molar-refractivity contribution >= 4 is 17.8 Å². The average Bonchev–Trinajstić information content (AvgIpc) is 2.69. The molecule has 0 bridgehead atoms. The molecule has 1 saturated heterocycles. The van der Waals surface area contributed by atoms with E-state index in [9.17, 15) is 13.0 Å². The third-order valence-electron chi connectivity index (χ3n) is 4.75. The second-order valence-electron chi connectivity index (χ2n) is 7.09. The quantitative estimate of drug-likeness (QED) is 0.715. The fraction of sp³-hybridized carbons (Fsp3) is 0.333. The number of sulfonamides is 1. The van der Waals surface area contributed by atoms with Gasteiger partial charge in [-0.1, -0.05) is 40.5 Å². The maximum atomic E-state index is 13.7. The molecule has 1 atom stereocenters. The smallest absolute Gasteiger partial charge is 0.412 e. The van der Waals surface area contributed by atoms with Gasteiger partial charge in [-0.05, 0) is 52.0 Å². The van der Waals surface area contributed by atoms with Crippen molar-refractivity contribution in [3.05, 3.63) is 60.7 Å². The first-order valence-corrected chi connectivity index (χ1v) is 11.1. The van der Waals surface area contributed by atoms with Gasteiger partial charge in [0.05, 0.1) is 16.0 Å². The zero-order valence-corrected chi connectivity index (χ0v) is 16.8. The molecule has 1 unspecified atom stereocenters. The van der Waals surface area contributed by atoms with Gasteiger partial charge in [-0.25, -0.2) is 13.0 Å². The number of rotatable bonds is 4. The van der Waals surface area contributed by atoms with Crippen LogP contribution >= 0.6 is 7.75 Å². The predicted octanol–water partition coefficient (Wildman–Crippen LogP) is 4.45. The van der Waals surface area contributed by atoms with Crippen LogP contribution in [0.1, 0.15) is 27.7 Å². The van der Waals surface area contributed by atoms with Crippen LogP contribution < -0.4 is 4.52 Å². The Kier molecular flexibility index (Phi) is 4.56. The summed E-state index contributed by atoms with van der Waals surface area (Å²) < 4.78 is 52.6. The maximum absolute atomic E-state index is 13.7. The third kappa shape index (κ3) is 2.99. The van der Waals surface area contributed by atoms with Crippen LogP contribution in [-0.4, -0.2) is 23.6 Å². The summed E-state index contributed by atoms with van der Waals surface area (Å²) in [7, 11) is -8.31. The molecule has 2 aromatic carbocycles. The Balaban J connectivity index is 2.16. The highest BCUT2D eigenvalue weighted by molar-refractivity contribution is 7.94. The Labute approximate surface area is 154 Å². The van der Waals surface area contributed by atoms with E-state index in [2.05, 4.69) is 0 Å².